The number of rotatable bonds is 8. The maximum absolute atomic E-state index is 11.0. The largest absolute Gasteiger partial charge is 0.309 e. The minimum atomic E-state index is -0.315. The Labute approximate surface area is 127 Å². The maximum atomic E-state index is 11.0. The van der Waals surface area contributed by atoms with Gasteiger partial charge in [0, 0.05) is 30.8 Å². The van der Waals surface area contributed by atoms with Crippen LogP contribution in [0.2, 0.25) is 0 Å². The topological polar surface area (TPSA) is 58.4 Å². The van der Waals surface area contributed by atoms with Gasteiger partial charge in [-0.05, 0) is 38.9 Å². The summed E-state index contributed by atoms with van der Waals surface area (Å²) in [6.45, 7) is 7.87. The number of nitro benzene ring substituents is 1. The van der Waals surface area contributed by atoms with Crippen LogP contribution in [0.3, 0.4) is 0 Å². The van der Waals surface area contributed by atoms with Gasteiger partial charge < -0.3 is 10.2 Å². The summed E-state index contributed by atoms with van der Waals surface area (Å²) >= 11 is 0. The van der Waals surface area contributed by atoms with Crippen molar-refractivity contribution in [3.63, 3.8) is 0 Å². The van der Waals surface area contributed by atoms with Gasteiger partial charge in [0.05, 0.1) is 4.92 Å². The SMILES string of the molecule is Cc1c(CNC(CC(C)C)CN(C)C)cccc1[N+](=O)[O-]. The molecule has 0 bridgehead atoms. The van der Waals surface area contributed by atoms with Crippen LogP contribution in [0.15, 0.2) is 18.2 Å². The number of nitro groups is 1. The Bertz CT molecular complexity index is 463. The van der Waals surface area contributed by atoms with Gasteiger partial charge in [-0.1, -0.05) is 26.0 Å². The Hall–Kier alpha value is -1.46. The third kappa shape index (κ3) is 5.81. The second-order valence-electron chi connectivity index (χ2n) is 6.29. The molecule has 0 saturated carbocycles. The number of hydrogen-bond acceptors (Lipinski definition) is 4. The molecule has 0 aliphatic rings. The molecule has 1 rings (SSSR count). The Morgan fingerprint density at radius 2 is 2.00 bits per heavy atom. The van der Waals surface area contributed by atoms with E-state index in [2.05, 4.69) is 38.2 Å². The number of likely N-dealkylation sites (N-methyl/N-ethyl adjacent to an activating group) is 1. The van der Waals surface area contributed by atoms with Crippen LogP contribution >= 0.6 is 0 Å². The highest BCUT2D eigenvalue weighted by Crippen LogP contribution is 2.21. The standard InChI is InChI=1S/C16H27N3O2/c1-12(2)9-15(11-18(4)5)17-10-14-7-6-8-16(13(14)3)19(20)21/h6-8,12,15,17H,9-11H2,1-5H3. The quantitative estimate of drug-likeness (QED) is 0.591. The van der Waals surface area contributed by atoms with E-state index in [1.807, 2.05) is 13.0 Å². The van der Waals surface area contributed by atoms with Gasteiger partial charge in [0.2, 0.25) is 0 Å². The number of nitrogens with zero attached hydrogens (tertiary/aromatic N) is 2. The summed E-state index contributed by atoms with van der Waals surface area (Å²) in [7, 11) is 4.13. The molecule has 1 aromatic carbocycles. The van der Waals surface area contributed by atoms with Gasteiger partial charge in [-0.25, -0.2) is 0 Å². The van der Waals surface area contributed by atoms with Gasteiger partial charge in [-0.2, -0.15) is 0 Å². The molecule has 1 aromatic rings. The summed E-state index contributed by atoms with van der Waals surface area (Å²) < 4.78 is 0. The summed E-state index contributed by atoms with van der Waals surface area (Å²) in [6, 6.07) is 5.66. The molecule has 0 aliphatic carbocycles. The Balaban J connectivity index is 2.75. The van der Waals surface area contributed by atoms with E-state index in [1.165, 1.54) is 0 Å². The zero-order chi connectivity index (χ0) is 16.0. The summed E-state index contributed by atoms with van der Waals surface area (Å²) in [5.74, 6) is 0.619. The molecule has 0 saturated heterocycles. The maximum Gasteiger partial charge on any atom is 0.272 e. The van der Waals surface area contributed by atoms with Gasteiger partial charge in [-0.15, -0.1) is 0 Å². The molecule has 1 atom stereocenters. The summed E-state index contributed by atoms with van der Waals surface area (Å²) in [4.78, 5) is 12.8. The minimum Gasteiger partial charge on any atom is -0.309 e. The van der Waals surface area contributed by atoms with Crippen LogP contribution in [0.4, 0.5) is 5.69 Å². The molecule has 0 aliphatic heterocycles. The fraction of sp³-hybridized carbons (Fsp3) is 0.625. The van der Waals surface area contributed by atoms with Crippen molar-refractivity contribution in [3.8, 4) is 0 Å². The first-order valence-electron chi connectivity index (χ1n) is 7.42. The molecule has 0 heterocycles. The summed E-state index contributed by atoms with van der Waals surface area (Å²) in [5, 5.41) is 14.5. The molecule has 118 valence electrons. The Morgan fingerprint density at radius 3 is 2.52 bits per heavy atom. The highest BCUT2D eigenvalue weighted by molar-refractivity contribution is 5.44. The van der Waals surface area contributed by atoms with E-state index >= 15 is 0 Å². The molecule has 0 amide bonds. The molecule has 0 aromatic heterocycles. The fourth-order valence-electron chi connectivity index (χ4n) is 2.55. The van der Waals surface area contributed by atoms with E-state index in [0.717, 1.165) is 24.1 Å². The molecular weight excluding hydrogens is 266 g/mol. The lowest BCUT2D eigenvalue weighted by atomic mass is 10.0. The van der Waals surface area contributed by atoms with E-state index in [-0.39, 0.29) is 10.6 Å². The molecule has 5 nitrogen and oxygen atoms in total. The molecule has 0 radical (unpaired) electrons. The Morgan fingerprint density at radius 1 is 1.33 bits per heavy atom. The van der Waals surface area contributed by atoms with Crippen LogP contribution in [0.1, 0.15) is 31.4 Å². The van der Waals surface area contributed by atoms with Gasteiger partial charge in [-0.3, -0.25) is 10.1 Å². The van der Waals surface area contributed by atoms with Gasteiger partial charge >= 0.3 is 0 Å². The average Bonchev–Trinajstić information content (AvgIpc) is 2.35. The van der Waals surface area contributed by atoms with E-state index in [1.54, 1.807) is 12.1 Å². The molecule has 5 heteroatoms. The normalized spacial score (nSPS) is 12.9. The predicted octanol–water partition coefficient (Wildman–Crippen LogP) is 2.97. The van der Waals surface area contributed by atoms with E-state index in [0.29, 0.717) is 18.5 Å². The first-order valence-corrected chi connectivity index (χ1v) is 7.42. The lowest BCUT2D eigenvalue weighted by molar-refractivity contribution is -0.385. The predicted molar refractivity (Wildman–Crippen MR) is 86.5 cm³/mol. The van der Waals surface area contributed by atoms with Crippen molar-refractivity contribution in [2.24, 2.45) is 5.92 Å². The molecule has 21 heavy (non-hydrogen) atoms. The monoisotopic (exact) mass is 293 g/mol. The second kappa shape index (κ2) is 8.10. The smallest absolute Gasteiger partial charge is 0.272 e. The first-order chi connectivity index (χ1) is 9.81. The van der Waals surface area contributed by atoms with Gasteiger partial charge in [0.1, 0.15) is 0 Å². The van der Waals surface area contributed by atoms with E-state index < -0.39 is 0 Å². The van der Waals surface area contributed by atoms with Crippen molar-refractivity contribution >= 4 is 5.69 Å². The first kappa shape index (κ1) is 17.6. The van der Waals surface area contributed by atoms with Crippen LogP contribution in [-0.4, -0.2) is 36.5 Å². The Kier molecular flexibility index (Phi) is 6.78. The average molecular weight is 293 g/mol. The fourth-order valence-corrected chi connectivity index (χ4v) is 2.55. The van der Waals surface area contributed by atoms with E-state index in [4.69, 9.17) is 0 Å². The van der Waals surface area contributed by atoms with Crippen molar-refractivity contribution in [3.05, 3.63) is 39.4 Å². The van der Waals surface area contributed by atoms with Crippen molar-refractivity contribution in [2.45, 2.75) is 39.8 Å². The molecule has 0 spiro atoms. The molecular formula is C16H27N3O2. The zero-order valence-electron chi connectivity index (χ0n) is 13.7. The van der Waals surface area contributed by atoms with Gasteiger partial charge in [0.25, 0.3) is 5.69 Å². The lowest BCUT2D eigenvalue weighted by Crippen LogP contribution is -2.38. The van der Waals surface area contributed by atoms with Crippen molar-refractivity contribution in [1.29, 1.82) is 0 Å². The van der Waals surface area contributed by atoms with Crippen LogP contribution < -0.4 is 5.32 Å². The number of hydrogen-bond donors (Lipinski definition) is 1. The second-order valence-corrected chi connectivity index (χ2v) is 6.29. The summed E-state index contributed by atoms with van der Waals surface area (Å²) in [5.41, 5.74) is 1.95. The van der Waals surface area contributed by atoms with Crippen LogP contribution in [-0.2, 0) is 6.54 Å². The van der Waals surface area contributed by atoms with Crippen molar-refractivity contribution in [2.75, 3.05) is 20.6 Å². The highest BCUT2D eigenvalue weighted by atomic mass is 16.6. The lowest BCUT2D eigenvalue weighted by Gasteiger charge is -2.24. The van der Waals surface area contributed by atoms with Crippen LogP contribution in [0.25, 0.3) is 0 Å². The summed E-state index contributed by atoms with van der Waals surface area (Å²) in [6.07, 6.45) is 1.09. The third-order valence-corrected chi connectivity index (χ3v) is 3.54. The third-order valence-electron chi connectivity index (χ3n) is 3.54. The number of nitrogens with one attached hydrogen (secondary N) is 1. The van der Waals surface area contributed by atoms with Crippen molar-refractivity contribution in [1.82, 2.24) is 10.2 Å². The van der Waals surface area contributed by atoms with Crippen molar-refractivity contribution < 1.29 is 4.92 Å². The molecule has 1 N–H and O–H groups in total. The van der Waals surface area contributed by atoms with E-state index in [9.17, 15) is 10.1 Å². The zero-order valence-corrected chi connectivity index (χ0v) is 13.7. The van der Waals surface area contributed by atoms with Crippen LogP contribution in [0.5, 0.6) is 0 Å². The minimum absolute atomic E-state index is 0.197. The molecule has 1 unspecified atom stereocenters. The number of benzene rings is 1. The van der Waals surface area contributed by atoms with Gasteiger partial charge in [0.15, 0.2) is 0 Å². The highest BCUT2D eigenvalue weighted by Gasteiger charge is 2.15. The van der Waals surface area contributed by atoms with Crippen LogP contribution in [0, 0.1) is 23.0 Å². The molecule has 0 fully saturated rings.